The van der Waals surface area contributed by atoms with Crippen LogP contribution >= 0.6 is 15.9 Å². The number of hydrogen-bond donors (Lipinski definition) is 2. The molecule has 1 aromatic heterocycles. The monoisotopic (exact) mass is 345 g/mol. The maximum atomic E-state index is 12.1. The molecule has 0 aliphatic carbocycles. The van der Waals surface area contributed by atoms with Gasteiger partial charge in [-0.25, -0.2) is 18.1 Å². The first-order chi connectivity index (χ1) is 8.88. The SMILES string of the molecule is Cc1cnc(CNS(=O)(=O)c2ccc(N)cc2Br)o1. The maximum Gasteiger partial charge on any atom is 0.242 e. The number of oxazole rings is 1. The lowest BCUT2D eigenvalue weighted by molar-refractivity contribution is 0.463. The lowest BCUT2D eigenvalue weighted by Gasteiger charge is -2.07. The van der Waals surface area contributed by atoms with Crippen molar-refractivity contribution >= 4 is 31.6 Å². The van der Waals surface area contributed by atoms with E-state index in [2.05, 4.69) is 25.6 Å². The van der Waals surface area contributed by atoms with Crippen LogP contribution < -0.4 is 10.5 Å². The van der Waals surface area contributed by atoms with Gasteiger partial charge in [-0.05, 0) is 41.1 Å². The van der Waals surface area contributed by atoms with Gasteiger partial charge in [-0.2, -0.15) is 0 Å². The first kappa shape index (κ1) is 14.0. The number of hydrogen-bond acceptors (Lipinski definition) is 5. The maximum absolute atomic E-state index is 12.1. The summed E-state index contributed by atoms with van der Waals surface area (Å²) in [4.78, 5) is 4.04. The molecule has 6 nitrogen and oxygen atoms in total. The molecule has 1 heterocycles. The average molecular weight is 346 g/mol. The van der Waals surface area contributed by atoms with E-state index in [9.17, 15) is 8.42 Å². The number of nitrogens with zero attached hydrogens (tertiary/aromatic N) is 1. The third kappa shape index (κ3) is 3.34. The van der Waals surface area contributed by atoms with Gasteiger partial charge in [0, 0.05) is 10.2 Å². The third-order valence-electron chi connectivity index (χ3n) is 2.33. The Morgan fingerprint density at radius 3 is 2.79 bits per heavy atom. The highest BCUT2D eigenvalue weighted by Gasteiger charge is 2.18. The van der Waals surface area contributed by atoms with Crippen molar-refractivity contribution in [2.45, 2.75) is 18.4 Å². The van der Waals surface area contributed by atoms with E-state index in [1.165, 1.54) is 24.4 Å². The van der Waals surface area contributed by atoms with Crippen molar-refractivity contribution < 1.29 is 12.8 Å². The van der Waals surface area contributed by atoms with Crippen LogP contribution in [0.1, 0.15) is 11.7 Å². The lowest BCUT2D eigenvalue weighted by Crippen LogP contribution is -2.23. The number of benzene rings is 1. The summed E-state index contributed by atoms with van der Waals surface area (Å²) in [5.41, 5.74) is 6.05. The van der Waals surface area contributed by atoms with E-state index in [1.54, 1.807) is 6.92 Å². The second-order valence-electron chi connectivity index (χ2n) is 3.88. The van der Waals surface area contributed by atoms with Crippen molar-refractivity contribution in [1.82, 2.24) is 9.71 Å². The molecule has 0 unspecified atom stereocenters. The van der Waals surface area contributed by atoms with Crippen LogP contribution in [0.5, 0.6) is 0 Å². The molecule has 0 saturated heterocycles. The summed E-state index contributed by atoms with van der Waals surface area (Å²) in [7, 11) is -3.65. The van der Waals surface area contributed by atoms with Gasteiger partial charge in [0.1, 0.15) is 5.76 Å². The smallest absolute Gasteiger partial charge is 0.242 e. The zero-order valence-corrected chi connectivity index (χ0v) is 12.5. The molecule has 0 radical (unpaired) electrons. The van der Waals surface area contributed by atoms with Crippen LogP contribution in [0.3, 0.4) is 0 Å². The Hall–Kier alpha value is -1.38. The first-order valence-electron chi connectivity index (χ1n) is 5.34. The molecule has 0 bridgehead atoms. The zero-order valence-electron chi connectivity index (χ0n) is 10.1. The summed E-state index contributed by atoms with van der Waals surface area (Å²) < 4.78 is 32.2. The van der Waals surface area contributed by atoms with Gasteiger partial charge >= 0.3 is 0 Å². The number of anilines is 1. The molecule has 0 amide bonds. The molecule has 3 N–H and O–H groups in total. The van der Waals surface area contributed by atoms with Crippen molar-refractivity contribution in [3.05, 3.63) is 40.5 Å². The van der Waals surface area contributed by atoms with Gasteiger partial charge in [0.05, 0.1) is 17.6 Å². The molecule has 0 spiro atoms. The molecule has 0 fully saturated rings. The summed E-state index contributed by atoms with van der Waals surface area (Å²) in [6.45, 7) is 1.73. The summed E-state index contributed by atoms with van der Waals surface area (Å²) >= 11 is 3.18. The van der Waals surface area contributed by atoms with Crippen LogP contribution in [0.25, 0.3) is 0 Å². The minimum atomic E-state index is -3.65. The topological polar surface area (TPSA) is 98.2 Å². The lowest BCUT2D eigenvalue weighted by atomic mass is 10.3. The van der Waals surface area contributed by atoms with E-state index >= 15 is 0 Å². The molecular weight excluding hydrogens is 334 g/mol. The fourth-order valence-electron chi connectivity index (χ4n) is 1.45. The Kier molecular flexibility index (Phi) is 3.93. The molecule has 0 aliphatic rings. The molecule has 1 aromatic carbocycles. The fourth-order valence-corrected chi connectivity index (χ4v) is 3.52. The highest BCUT2D eigenvalue weighted by Crippen LogP contribution is 2.24. The second-order valence-corrected chi connectivity index (χ2v) is 6.47. The van der Waals surface area contributed by atoms with Crippen molar-refractivity contribution in [3.8, 4) is 0 Å². The van der Waals surface area contributed by atoms with Crippen LogP contribution in [0.2, 0.25) is 0 Å². The van der Waals surface area contributed by atoms with Gasteiger partial charge < -0.3 is 10.2 Å². The first-order valence-corrected chi connectivity index (χ1v) is 7.62. The molecule has 2 aromatic rings. The number of aryl methyl sites for hydroxylation is 1. The number of rotatable bonds is 4. The van der Waals surface area contributed by atoms with Crippen LogP contribution in [0, 0.1) is 6.92 Å². The number of halogens is 1. The van der Waals surface area contributed by atoms with Crippen LogP contribution in [-0.4, -0.2) is 13.4 Å². The van der Waals surface area contributed by atoms with E-state index in [4.69, 9.17) is 10.2 Å². The van der Waals surface area contributed by atoms with E-state index < -0.39 is 10.0 Å². The molecule has 19 heavy (non-hydrogen) atoms. The van der Waals surface area contributed by atoms with E-state index in [1.807, 2.05) is 0 Å². The predicted molar refractivity (Wildman–Crippen MR) is 73.8 cm³/mol. The van der Waals surface area contributed by atoms with Gasteiger partial charge in [-0.3, -0.25) is 0 Å². The average Bonchev–Trinajstić information content (AvgIpc) is 2.72. The van der Waals surface area contributed by atoms with Gasteiger partial charge in [0.15, 0.2) is 0 Å². The summed E-state index contributed by atoms with van der Waals surface area (Å²) in [6, 6.07) is 4.49. The molecule has 0 aliphatic heterocycles. The Morgan fingerprint density at radius 2 is 2.21 bits per heavy atom. The van der Waals surface area contributed by atoms with Crippen LogP contribution in [-0.2, 0) is 16.6 Å². The fraction of sp³-hybridized carbons (Fsp3) is 0.182. The summed E-state index contributed by atoms with van der Waals surface area (Å²) in [6.07, 6.45) is 1.53. The number of sulfonamides is 1. The van der Waals surface area contributed by atoms with Crippen molar-refractivity contribution in [2.24, 2.45) is 0 Å². The van der Waals surface area contributed by atoms with Crippen molar-refractivity contribution in [2.75, 3.05) is 5.73 Å². The molecule has 0 saturated carbocycles. The molecule has 0 atom stereocenters. The zero-order chi connectivity index (χ0) is 14.0. The highest BCUT2D eigenvalue weighted by atomic mass is 79.9. The highest BCUT2D eigenvalue weighted by molar-refractivity contribution is 9.10. The quantitative estimate of drug-likeness (QED) is 0.823. The standard InChI is InChI=1S/C11H12BrN3O3S/c1-7-5-14-11(18-7)6-15-19(16,17)10-3-2-8(13)4-9(10)12/h2-5,15H,6,13H2,1H3. The van der Waals surface area contributed by atoms with Crippen molar-refractivity contribution in [1.29, 1.82) is 0 Å². The summed E-state index contributed by atoms with van der Waals surface area (Å²) in [5.74, 6) is 0.940. The Labute approximate surface area is 119 Å². The number of nitrogens with one attached hydrogen (secondary N) is 1. The molecular formula is C11H12BrN3O3S. The summed E-state index contributed by atoms with van der Waals surface area (Å²) in [5, 5.41) is 0. The van der Waals surface area contributed by atoms with Gasteiger partial charge in [-0.15, -0.1) is 0 Å². The minimum absolute atomic E-state index is 0.00695. The molecule has 8 heteroatoms. The third-order valence-corrected chi connectivity index (χ3v) is 4.71. The van der Waals surface area contributed by atoms with Gasteiger partial charge in [-0.1, -0.05) is 0 Å². The van der Waals surface area contributed by atoms with E-state index in [0.717, 1.165) is 0 Å². The second kappa shape index (κ2) is 5.32. The van der Waals surface area contributed by atoms with E-state index in [0.29, 0.717) is 21.8 Å². The Morgan fingerprint density at radius 1 is 1.47 bits per heavy atom. The number of nitrogen functional groups attached to an aromatic ring is 1. The Balaban J connectivity index is 2.18. The van der Waals surface area contributed by atoms with E-state index in [-0.39, 0.29) is 11.4 Å². The van der Waals surface area contributed by atoms with Gasteiger partial charge in [0.25, 0.3) is 0 Å². The Bertz CT molecular complexity index is 697. The van der Waals surface area contributed by atoms with Crippen LogP contribution in [0.4, 0.5) is 5.69 Å². The minimum Gasteiger partial charge on any atom is -0.445 e. The molecule has 2 rings (SSSR count). The van der Waals surface area contributed by atoms with Crippen LogP contribution in [0.15, 0.2) is 38.2 Å². The number of nitrogens with two attached hydrogens (primary N) is 1. The number of aromatic nitrogens is 1. The largest absolute Gasteiger partial charge is 0.445 e. The van der Waals surface area contributed by atoms with Gasteiger partial charge in [0.2, 0.25) is 15.9 Å². The van der Waals surface area contributed by atoms with Crippen molar-refractivity contribution in [3.63, 3.8) is 0 Å². The predicted octanol–water partition coefficient (Wildman–Crippen LogP) is 1.81. The molecule has 102 valence electrons. The normalized spacial score (nSPS) is 11.7.